The molecule has 11 heteroatoms. The predicted octanol–water partition coefficient (Wildman–Crippen LogP) is 4.10. The van der Waals surface area contributed by atoms with Crippen LogP contribution in [0.1, 0.15) is 32.3 Å². The van der Waals surface area contributed by atoms with E-state index in [1.165, 1.54) is 24.1 Å². The first-order chi connectivity index (χ1) is 16.5. The van der Waals surface area contributed by atoms with Crippen molar-refractivity contribution in [2.75, 3.05) is 30.8 Å². The first-order valence-corrected chi connectivity index (χ1v) is 13.8. The lowest BCUT2D eigenvalue weighted by Crippen LogP contribution is -2.52. The van der Waals surface area contributed by atoms with Crippen LogP contribution in [0, 0.1) is 0 Å². The summed E-state index contributed by atoms with van der Waals surface area (Å²) in [6, 6.07) is 10.9. The number of carbonyl (C=O) groups is 2. The summed E-state index contributed by atoms with van der Waals surface area (Å²) in [6.07, 6.45) is 2.05. The van der Waals surface area contributed by atoms with Gasteiger partial charge < -0.3 is 15.0 Å². The zero-order valence-corrected chi connectivity index (χ0v) is 22.6. The van der Waals surface area contributed by atoms with Crippen LogP contribution in [0.15, 0.2) is 42.5 Å². The van der Waals surface area contributed by atoms with Gasteiger partial charge in [-0.25, -0.2) is 8.42 Å². The fourth-order valence-electron chi connectivity index (χ4n) is 3.53. The third-order valence-electron chi connectivity index (χ3n) is 5.30. The maximum atomic E-state index is 13.6. The Balaban J connectivity index is 2.48. The van der Waals surface area contributed by atoms with Crippen LogP contribution in [-0.2, 0) is 26.2 Å². The third-order valence-corrected chi connectivity index (χ3v) is 7.24. The summed E-state index contributed by atoms with van der Waals surface area (Å²) in [7, 11) is -2.38. The molecule has 0 saturated carbocycles. The standard InChI is InChI=1S/C24H31Cl2N3O5S/c1-5-13-27-24(31)20(6-2)28(15-17-9-7-10-18(14-17)34-3)22(30)16-29(35(4,32)33)21-12-8-11-19(25)23(21)26/h7-12,14,20H,5-6,13,15-16H2,1-4H3,(H,27,31)/t20-/m0/s1. The summed E-state index contributed by atoms with van der Waals surface area (Å²) in [5.41, 5.74) is 0.811. The number of amides is 2. The van der Waals surface area contributed by atoms with E-state index in [1.54, 1.807) is 31.2 Å². The summed E-state index contributed by atoms with van der Waals surface area (Å²) in [4.78, 5) is 28.0. The molecule has 35 heavy (non-hydrogen) atoms. The van der Waals surface area contributed by atoms with Crippen molar-refractivity contribution < 1.29 is 22.7 Å². The average molecular weight is 545 g/mol. The molecule has 0 spiro atoms. The summed E-state index contributed by atoms with van der Waals surface area (Å²) in [5, 5.41) is 3.00. The minimum absolute atomic E-state index is 0.0134. The molecule has 1 N–H and O–H groups in total. The van der Waals surface area contributed by atoms with E-state index in [2.05, 4.69) is 5.32 Å². The van der Waals surface area contributed by atoms with E-state index in [9.17, 15) is 18.0 Å². The van der Waals surface area contributed by atoms with Crippen molar-refractivity contribution in [2.24, 2.45) is 0 Å². The number of ether oxygens (including phenoxy) is 1. The van der Waals surface area contributed by atoms with Crippen molar-refractivity contribution in [3.63, 3.8) is 0 Å². The molecule has 0 aromatic heterocycles. The molecule has 0 bridgehead atoms. The second-order valence-electron chi connectivity index (χ2n) is 7.93. The Hall–Kier alpha value is -2.49. The molecule has 0 heterocycles. The highest BCUT2D eigenvalue weighted by molar-refractivity contribution is 7.92. The van der Waals surface area contributed by atoms with Gasteiger partial charge in [-0.1, -0.05) is 55.2 Å². The van der Waals surface area contributed by atoms with Gasteiger partial charge in [-0.2, -0.15) is 0 Å². The lowest BCUT2D eigenvalue weighted by atomic mass is 10.1. The molecular weight excluding hydrogens is 513 g/mol. The van der Waals surface area contributed by atoms with Crippen LogP contribution in [0.3, 0.4) is 0 Å². The minimum atomic E-state index is -3.91. The number of halogens is 2. The molecule has 2 aromatic carbocycles. The molecular formula is C24H31Cl2N3O5S. The molecule has 2 amide bonds. The molecule has 0 aliphatic carbocycles. The van der Waals surface area contributed by atoms with Gasteiger partial charge in [-0.15, -0.1) is 0 Å². The van der Waals surface area contributed by atoms with Crippen molar-refractivity contribution in [2.45, 2.75) is 39.3 Å². The van der Waals surface area contributed by atoms with E-state index < -0.39 is 28.5 Å². The quantitative estimate of drug-likeness (QED) is 0.434. The molecule has 0 radical (unpaired) electrons. The minimum Gasteiger partial charge on any atom is -0.497 e. The number of sulfonamides is 1. The number of nitrogens with zero attached hydrogens (tertiary/aromatic N) is 2. The van der Waals surface area contributed by atoms with Gasteiger partial charge in [-0.3, -0.25) is 13.9 Å². The second kappa shape index (κ2) is 13.0. The van der Waals surface area contributed by atoms with Gasteiger partial charge >= 0.3 is 0 Å². The van der Waals surface area contributed by atoms with Crippen LogP contribution in [0.4, 0.5) is 5.69 Å². The second-order valence-corrected chi connectivity index (χ2v) is 10.6. The third kappa shape index (κ3) is 7.75. The lowest BCUT2D eigenvalue weighted by molar-refractivity contribution is -0.140. The van der Waals surface area contributed by atoms with Crippen molar-refractivity contribution in [1.29, 1.82) is 0 Å². The first-order valence-electron chi connectivity index (χ1n) is 11.1. The Morgan fingerprint density at radius 3 is 2.40 bits per heavy atom. The number of methoxy groups -OCH3 is 1. The van der Waals surface area contributed by atoms with Crippen LogP contribution in [0.2, 0.25) is 10.0 Å². The Labute approximate surface area is 217 Å². The topological polar surface area (TPSA) is 96.0 Å². The number of hydrogen-bond acceptors (Lipinski definition) is 5. The van der Waals surface area contributed by atoms with Crippen molar-refractivity contribution in [3.8, 4) is 5.75 Å². The summed E-state index contributed by atoms with van der Waals surface area (Å²) in [5.74, 6) is -0.271. The molecule has 0 aliphatic heterocycles. The highest BCUT2D eigenvalue weighted by atomic mass is 35.5. The predicted molar refractivity (Wildman–Crippen MR) is 140 cm³/mol. The molecule has 0 aliphatic rings. The zero-order chi connectivity index (χ0) is 26.2. The highest BCUT2D eigenvalue weighted by Gasteiger charge is 2.32. The summed E-state index contributed by atoms with van der Waals surface area (Å²) < 4.78 is 31.5. The number of benzene rings is 2. The Morgan fingerprint density at radius 1 is 1.11 bits per heavy atom. The Morgan fingerprint density at radius 2 is 1.80 bits per heavy atom. The number of hydrogen-bond donors (Lipinski definition) is 1. The normalized spacial score (nSPS) is 12.1. The molecule has 0 unspecified atom stereocenters. The van der Waals surface area contributed by atoms with Crippen LogP contribution in [0.25, 0.3) is 0 Å². The van der Waals surface area contributed by atoms with Gasteiger partial charge in [0.1, 0.15) is 18.3 Å². The summed E-state index contributed by atoms with van der Waals surface area (Å²) >= 11 is 12.4. The van der Waals surface area contributed by atoms with E-state index in [0.29, 0.717) is 18.7 Å². The van der Waals surface area contributed by atoms with Gasteiger partial charge in [0.25, 0.3) is 0 Å². The van der Waals surface area contributed by atoms with Crippen LogP contribution < -0.4 is 14.4 Å². The molecule has 0 fully saturated rings. The van der Waals surface area contributed by atoms with Crippen LogP contribution >= 0.6 is 23.2 Å². The van der Waals surface area contributed by atoms with E-state index in [4.69, 9.17) is 27.9 Å². The van der Waals surface area contributed by atoms with Gasteiger partial charge in [0.15, 0.2) is 0 Å². The molecule has 2 aromatic rings. The average Bonchev–Trinajstić information content (AvgIpc) is 2.82. The van der Waals surface area contributed by atoms with Gasteiger partial charge in [0, 0.05) is 13.1 Å². The summed E-state index contributed by atoms with van der Waals surface area (Å²) in [6.45, 7) is 3.71. The molecule has 1 atom stereocenters. The largest absolute Gasteiger partial charge is 0.497 e. The molecule has 2 rings (SSSR count). The van der Waals surface area contributed by atoms with E-state index in [-0.39, 0.29) is 28.2 Å². The zero-order valence-electron chi connectivity index (χ0n) is 20.3. The maximum Gasteiger partial charge on any atom is 0.244 e. The van der Waals surface area contributed by atoms with Gasteiger partial charge in [0.05, 0.1) is 29.1 Å². The van der Waals surface area contributed by atoms with Gasteiger partial charge in [0.2, 0.25) is 21.8 Å². The Kier molecular flexibility index (Phi) is 10.7. The highest BCUT2D eigenvalue weighted by Crippen LogP contribution is 2.33. The van der Waals surface area contributed by atoms with Crippen LogP contribution in [0.5, 0.6) is 5.75 Å². The van der Waals surface area contributed by atoms with Gasteiger partial charge in [-0.05, 0) is 42.7 Å². The number of anilines is 1. The van der Waals surface area contributed by atoms with Crippen molar-refractivity contribution in [1.82, 2.24) is 10.2 Å². The van der Waals surface area contributed by atoms with Crippen molar-refractivity contribution in [3.05, 3.63) is 58.1 Å². The maximum absolute atomic E-state index is 13.6. The SMILES string of the molecule is CCCNC(=O)[C@H](CC)N(Cc1cccc(OC)c1)C(=O)CN(c1cccc(Cl)c1Cl)S(C)(=O)=O. The van der Waals surface area contributed by atoms with Crippen molar-refractivity contribution >= 4 is 50.7 Å². The molecule has 0 saturated heterocycles. The van der Waals surface area contributed by atoms with Crippen LogP contribution in [-0.4, -0.2) is 57.6 Å². The van der Waals surface area contributed by atoms with E-state index in [0.717, 1.165) is 22.5 Å². The smallest absolute Gasteiger partial charge is 0.244 e. The lowest BCUT2D eigenvalue weighted by Gasteiger charge is -2.33. The fourth-order valence-corrected chi connectivity index (χ4v) is 4.83. The number of carbonyl (C=O) groups excluding carboxylic acids is 2. The number of rotatable bonds is 12. The first kappa shape index (κ1) is 28.7. The van der Waals surface area contributed by atoms with E-state index in [1.807, 2.05) is 13.0 Å². The Bertz CT molecular complexity index is 1140. The molecule has 8 nitrogen and oxygen atoms in total. The van der Waals surface area contributed by atoms with E-state index >= 15 is 0 Å². The number of nitrogens with one attached hydrogen (secondary N) is 1. The monoisotopic (exact) mass is 543 g/mol. The fraction of sp³-hybridized carbons (Fsp3) is 0.417. The molecule has 192 valence electrons.